The number of anilines is 6. The zero-order valence-corrected chi connectivity index (χ0v) is 42.2. The SMILES string of the molecule is C/C=C/c1cc(N(c2ccc(C(C)(C)C)cc2)c2ccc3ccccc3c2)c(/C=C/c2ccc3nc(-c4nc5cc(C)ccc5o4)oc3c2)cc1N(c1ccc(C(C)(C)C)cc1)c1ccc2ccccc2c1. The highest BCUT2D eigenvalue weighted by atomic mass is 16.4. The smallest absolute Gasteiger partial charge is 0.284 e. The van der Waals surface area contributed by atoms with Crippen LogP contribution in [0.25, 0.3) is 73.8 Å². The van der Waals surface area contributed by atoms with Crippen molar-refractivity contribution in [2.45, 2.75) is 66.2 Å². The Balaban J connectivity index is 1.13. The van der Waals surface area contributed by atoms with Crippen molar-refractivity contribution in [1.82, 2.24) is 9.97 Å². The second kappa shape index (κ2) is 18.4. The summed E-state index contributed by atoms with van der Waals surface area (Å²) in [4.78, 5) is 14.3. The van der Waals surface area contributed by atoms with Gasteiger partial charge >= 0.3 is 0 Å². The Morgan fingerprint density at radius 1 is 0.417 bits per heavy atom. The normalized spacial score (nSPS) is 12.3. The summed E-state index contributed by atoms with van der Waals surface area (Å²) in [6.07, 6.45) is 8.78. The summed E-state index contributed by atoms with van der Waals surface area (Å²) in [6.45, 7) is 17.7. The Morgan fingerprint density at radius 2 is 0.903 bits per heavy atom. The number of aryl methyl sites for hydroxylation is 1. The van der Waals surface area contributed by atoms with Crippen LogP contribution in [-0.4, -0.2) is 9.97 Å². The third kappa shape index (κ3) is 9.08. The molecule has 0 fully saturated rings. The molecule has 6 heteroatoms. The van der Waals surface area contributed by atoms with E-state index in [-0.39, 0.29) is 10.8 Å². The Labute approximate surface area is 422 Å². The third-order valence-corrected chi connectivity index (χ3v) is 13.6. The van der Waals surface area contributed by atoms with Crippen molar-refractivity contribution in [3.05, 3.63) is 221 Å². The molecule has 0 aliphatic heterocycles. The molecule has 0 N–H and O–H groups in total. The molecule has 9 aromatic carbocycles. The number of oxazole rings is 2. The minimum absolute atomic E-state index is 0.000855. The number of fused-ring (bicyclic) bond motifs is 4. The minimum Gasteiger partial charge on any atom is -0.432 e. The maximum atomic E-state index is 6.38. The standard InChI is InChI=1S/C66H58N4O2/c1-9-14-49-41-60(70(54-33-27-52(28-34-54)66(6,7)8)56-30-24-46-16-11-13-18-48(46)40-56)50(22-20-44-21-35-57-62(38-44)72-63(67-57)64-68-58-37-43(2)19-36-61(58)71-64)42-59(49)69(53-31-25-51(26-32-53)65(3,4)5)55-29-23-45-15-10-12-17-47(45)39-55/h9-42H,1-8H3/b14-9+,22-20+. The number of nitrogens with zero attached hydrogens (tertiary/aromatic N) is 4. The lowest BCUT2D eigenvalue weighted by molar-refractivity contribution is 0.550. The molecule has 0 saturated carbocycles. The van der Waals surface area contributed by atoms with Gasteiger partial charge in [-0.1, -0.05) is 163 Å². The molecule has 0 atom stereocenters. The maximum absolute atomic E-state index is 6.38. The molecule has 2 aromatic heterocycles. The van der Waals surface area contributed by atoms with Gasteiger partial charge in [0.05, 0.1) is 11.4 Å². The molecule has 0 amide bonds. The predicted molar refractivity (Wildman–Crippen MR) is 304 cm³/mol. The molecule has 11 rings (SSSR count). The zero-order valence-electron chi connectivity index (χ0n) is 42.2. The molecule has 2 heterocycles. The van der Waals surface area contributed by atoms with E-state index in [2.05, 4.69) is 234 Å². The van der Waals surface area contributed by atoms with E-state index in [1.807, 2.05) is 37.3 Å². The molecule has 0 aliphatic carbocycles. The van der Waals surface area contributed by atoms with Crippen molar-refractivity contribution >= 4 is 96.1 Å². The van der Waals surface area contributed by atoms with Crippen LogP contribution in [0.4, 0.5) is 34.1 Å². The molecule has 0 unspecified atom stereocenters. The van der Waals surface area contributed by atoms with Gasteiger partial charge in [-0.2, -0.15) is 0 Å². The first-order valence-electron chi connectivity index (χ1n) is 24.8. The van der Waals surface area contributed by atoms with E-state index in [1.165, 1.54) is 32.7 Å². The molecular weight excluding hydrogens is 881 g/mol. The van der Waals surface area contributed by atoms with Gasteiger partial charge in [-0.3, -0.25) is 0 Å². The van der Waals surface area contributed by atoms with Crippen LogP contribution in [-0.2, 0) is 10.8 Å². The van der Waals surface area contributed by atoms with Gasteiger partial charge in [0.25, 0.3) is 11.8 Å². The topological polar surface area (TPSA) is 58.5 Å². The fraction of sp³-hybridized carbons (Fsp3) is 0.152. The van der Waals surface area contributed by atoms with Crippen molar-refractivity contribution < 1.29 is 8.83 Å². The Hall–Kier alpha value is -8.48. The quantitative estimate of drug-likeness (QED) is 0.127. The highest BCUT2D eigenvalue weighted by Gasteiger charge is 2.24. The van der Waals surface area contributed by atoms with Gasteiger partial charge in [-0.05, 0) is 153 Å². The summed E-state index contributed by atoms with van der Waals surface area (Å²) in [5.74, 6) is 0.704. The van der Waals surface area contributed by atoms with Crippen LogP contribution in [0.3, 0.4) is 0 Å². The van der Waals surface area contributed by atoms with Gasteiger partial charge in [-0.15, -0.1) is 0 Å². The largest absolute Gasteiger partial charge is 0.432 e. The lowest BCUT2D eigenvalue weighted by atomic mass is 9.87. The van der Waals surface area contributed by atoms with Crippen molar-refractivity contribution in [2.75, 3.05) is 9.80 Å². The average Bonchev–Trinajstić information content (AvgIpc) is 4.01. The molecule has 0 saturated heterocycles. The summed E-state index contributed by atoms with van der Waals surface area (Å²) < 4.78 is 12.5. The lowest BCUT2D eigenvalue weighted by Gasteiger charge is -2.32. The molecular formula is C66H58N4O2. The Kier molecular flexibility index (Phi) is 11.7. The number of aromatic nitrogens is 2. The van der Waals surface area contributed by atoms with Gasteiger partial charge in [0.15, 0.2) is 11.2 Å². The molecule has 11 aromatic rings. The van der Waals surface area contributed by atoms with Crippen LogP contribution >= 0.6 is 0 Å². The van der Waals surface area contributed by atoms with E-state index in [9.17, 15) is 0 Å². The summed E-state index contributed by atoms with van der Waals surface area (Å²) in [6, 6.07) is 65.6. The molecule has 354 valence electrons. The van der Waals surface area contributed by atoms with Gasteiger partial charge in [0, 0.05) is 33.9 Å². The van der Waals surface area contributed by atoms with E-state index >= 15 is 0 Å². The van der Waals surface area contributed by atoms with Gasteiger partial charge < -0.3 is 18.6 Å². The number of hydrogen-bond acceptors (Lipinski definition) is 6. The second-order valence-corrected chi connectivity index (χ2v) is 20.9. The van der Waals surface area contributed by atoms with E-state index < -0.39 is 0 Å². The highest BCUT2D eigenvalue weighted by molar-refractivity contribution is 5.97. The number of hydrogen-bond donors (Lipinski definition) is 0. The Bertz CT molecular complexity index is 3860. The van der Waals surface area contributed by atoms with Crippen molar-refractivity contribution in [3.8, 4) is 11.8 Å². The molecule has 72 heavy (non-hydrogen) atoms. The fourth-order valence-corrected chi connectivity index (χ4v) is 9.60. The predicted octanol–water partition coefficient (Wildman–Crippen LogP) is 19.0. The summed E-state index contributed by atoms with van der Waals surface area (Å²) in [5, 5.41) is 4.73. The van der Waals surface area contributed by atoms with Gasteiger partial charge in [0.2, 0.25) is 0 Å². The maximum Gasteiger partial charge on any atom is 0.284 e. The van der Waals surface area contributed by atoms with Crippen molar-refractivity contribution in [3.63, 3.8) is 0 Å². The van der Waals surface area contributed by atoms with Gasteiger partial charge in [-0.25, -0.2) is 9.97 Å². The lowest BCUT2D eigenvalue weighted by Crippen LogP contribution is -2.16. The van der Waals surface area contributed by atoms with Crippen LogP contribution in [0.2, 0.25) is 0 Å². The molecule has 0 bridgehead atoms. The van der Waals surface area contributed by atoms with Crippen LogP contribution in [0.1, 0.15) is 81.8 Å². The highest BCUT2D eigenvalue weighted by Crippen LogP contribution is 2.46. The van der Waals surface area contributed by atoms with Crippen LogP contribution in [0.5, 0.6) is 0 Å². The van der Waals surface area contributed by atoms with E-state index in [1.54, 1.807) is 0 Å². The monoisotopic (exact) mass is 938 g/mol. The first kappa shape index (κ1) is 45.9. The zero-order chi connectivity index (χ0) is 49.7. The Morgan fingerprint density at radius 3 is 1.43 bits per heavy atom. The van der Waals surface area contributed by atoms with Gasteiger partial charge in [0.1, 0.15) is 11.0 Å². The third-order valence-electron chi connectivity index (χ3n) is 13.6. The van der Waals surface area contributed by atoms with E-state index in [0.29, 0.717) is 22.9 Å². The average molecular weight is 939 g/mol. The van der Waals surface area contributed by atoms with Crippen LogP contribution in [0.15, 0.2) is 197 Å². The summed E-state index contributed by atoms with van der Waals surface area (Å²) >= 11 is 0. The summed E-state index contributed by atoms with van der Waals surface area (Å²) in [5.41, 5.74) is 15.8. The molecule has 6 nitrogen and oxygen atoms in total. The van der Waals surface area contributed by atoms with Crippen LogP contribution < -0.4 is 9.80 Å². The second-order valence-electron chi connectivity index (χ2n) is 20.9. The molecule has 0 radical (unpaired) electrons. The summed E-state index contributed by atoms with van der Waals surface area (Å²) in [7, 11) is 0. The number of benzene rings is 9. The first-order valence-corrected chi connectivity index (χ1v) is 24.8. The van der Waals surface area contributed by atoms with Crippen LogP contribution in [0, 0.1) is 6.92 Å². The van der Waals surface area contributed by atoms with E-state index in [4.69, 9.17) is 18.8 Å². The fourth-order valence-electron chi connectivity index (χ4n) is 9.60. The van der Waals surface area contributed by atoms with Crippen molar-refractivity contribution in [1.29, 1.82) is 0 Å². The number of rotatable bonds is 10. The molecule has 0 aliphatic rings. The number of allylic oxidation sites excluding steroid dienone is 1. The minimum atomic E-state index is -0.00860. The van der Waals surface area contributed by atoms with Crippen molar-refractivity contribution in [2.24, 2.45) is 0 Å². The first-order chi connectivity index (χ1) is 34.7. The van der Waals surface area contributed by atoms with E-state index in [0.717, 1.165) is 67.4 Å². The molecule has 0 spiro atoms.